The van der Waals surface area contributed by atoms with Crippen LogP contribution in [0.5, 0.6) is 6.01 Å². The number of ether oxygens (including phenoxy) is 1. The summed E-state index contributed by atoms with van der Waals surface area (Å²) in [6.07, 6.45) is 1.94. The molecule has 7 heteroatoms. The van der Waals surface area contributed by atoms with Crippen molar-refractivity contribution in [2.45, 2.75) is 33.6 Å². The lowest BCUT2D eigenvalue weighted by Gasteiger charge is -2.14. The number of hydrogen-bond donors (Lipinski definition) is 2. The van der Waals surface area contributed by atoms with Crippen LogP contribution in [0.4, 0.5) is 11.9 Å². The van der Waals surface area contributed by atoms with Gasteiger partial charge in [0.1, 0.15) is 0 Å². The molecule has 0 aliphatic carbocycles. The van der Waals surface area contributed by atoms with Crippen LogP contribution in [0.1, 0.15) is 33.6 Å². The molecular weight excluding hydrogens is 268 g/mol. The Balaban J connectivity index is 2.65. The van der Waals surface area contributed by atoms with Crippen molar-refractivity contribution in [3.63, 3.8) is 0 Å². The predicted molar refractivity (Wildman–Crippen MR) is 86.1 cm³/mol. The molecule has 0 amide bonds. The number of rotatable bonds is 11. The SMILES string of the molecule is CCCNc1nc(NCCN(C)CC)nc(OCCC)n1. The first-order chi connectivity index (χ1) is 10.2. The Kier molecular flexibility index (Phi) is 8.42. The summed E-state index contributed by atoms with van der Waals surface area (Å²) in [5.41, 5.74) is 0. The van der Waals surface area contributed by atoms with Crippen molar-refractivity contribution in [3.05, 3.63) is 0 Å². The highest BCUT2D eigenvalue weighted by atomic mass is 16.5. The van der Waals surface area contributed by atoms with E-state index in [1.807, 2.05) is 0 Å². The summed E-state index contributed by atoms with van der Waals surface area (Å²) in [5, 5.41) is 6.39. The van der Waals surface area contributed by atoms with Crippen molar-refractivity contribution in [1.82, 2.24) is 19.9 Å². The largest absolute Gasteiger partial charge is 0.463 e. The average molecular weight is 296 g/mol. The van der Waals surface area contributed by atoms with Crippen LogP contribution in [-0.4, -0.2) is 59.7 Å². The molecule has 0 spiro atoms. The fourth-order valence-corrected chi connectivity index (χ4v) is 1.53. The van der Waals surface area contributed by atoms with Gasteiger partial charge in [-0.25, -0.2) is 0 Å². The third-order valence-corrected chi connectivity index (χ3v) is 2.90. The zero-order valence-electron chi connectivity index (χ0n) is 13.6. The first kappa shape index (κ1) is 17.4. The molecule has 1 heterocycles. The molecule has 0 saturated carbocycles. The van der Waals surface area contributed by atoms with Gasteiger partial charge >= 0.3 is 6.01 Å². The molecule has 120 valence electrons. The van der Waals surface area contributed by atoms with E-state index in [0.29, 0.717) is 24.5 Å². The predicted octanol–water partition coefficient (Wildman–Crippen LogP) is 1.85. The number of aromatic nitrogens is 3. The van der Waals surface area contributed by atoms with Crippen molar-refractivity contribution in [1.29, 1.82) is 0 Å². The summed E-state index contributed by atoms with van der Waals surface area (Å²) >= 11 is 0. The Morgan fingerprint density at radius 3 is 2.19 bits per heavy atom. The second-order valence-electron chi connectivity index (χ2n) is 4.86. The zero-order chi connectivity index (χ0) is 15.5. The molecular formula is C14H28N6O. The van der Waals surface area contributed by atoms with Gasteiger partial charge in [-0.05, 0) is 26.4 Å². The topological polar surface area (TPSA) is 75.2 Å². The molecule has 0 atom stereocenters. The van der Waals surface area contributed by atoms with Gasteiger partial charge in [-0.3, -0.25) is 0 Å². The number of hydrogen-bond acceptors (Lipinski definition) is 7. The monoisotopic (exact) mass is 296 g/mol. The van der Waals surface area contributed by atoms with Crippen LogP contribution in [0.2, 0.25) is 0 Å². The minimum absolute atomic E-state index is 0.372. The van der Waals surface area contributed by atoms with Crippen molar-refractivity contribution >= 4 is 11.9 Å². The smallest absolute Gasteiger partial charge is 0.323 e. The normalized spacial score (nSPS) is 10.7. The van der Waals surface area contributed by atoms with Crippen molar-refractivity contribution in [2.24, 2.45) is 0 Å². The van der Waals surface area contributed by atoms with E-state index >= 15 is 0 Å². The van der Waals surface area contributed by atoms with E-state index in [0.717, 1.165) is 39.0 Å². The summed E-state index contributed by atoms with van der Waals surface area (Å²) < 4.78 is 5.51. The van der Waals surface area contributed by atoms with Crippen molar-refractivity contribution in [2.75, 3.05) is 50.5 Å². The highest BCUT2D eigenvalue weighted by Crippen LogP contribution is 2.11. The molecule has 0 fully saturated rings. The number of nitrogens with one attached hydrogen (secondary N) is 2. The lowest BCUT2D eigenvalue weighted by atomic mass is 10.5. The first-order valence-electron chi connectivity index (χ1n) is 7.74. The summed E-state index contributed by atoms with van der Waals surface area (Å²) in [5.74, 6) is 1.11. The first-order valence-corrected chi connectivity index (χ1v) is 7.74. The van der Waals surface area contributed by atoms with E-state index in [-0.39, 0.29) is 0 Å². The van der Waals surface area contributed by atoms with E-state index in [2.05, 4.69) is 58.3 Å². The van der Waals surface area contributed by atoms with Gasteiger partial charge in [0.05, 0.1) is 6.61 Å². The van der Waals surface area contributed by atoms with Gasteiger partial charge in [0.25, 0.3) is 0 Å². The zero-order valence-corrected chi connectivity index (χ0v) is 13.6. The summed E-state index contributed by atoms with van der Waals surface area (Å²) in [6.45, 7) is 10.5. The van der Waals surface area contributed by atoms with E-state index in [1.54, 1.807) is 0 Å². The lowest BCUT2D eigenvalue weighted by molar-refractivity contribution is 0.292. The fourth-order valence-electron chi connectivity index (χ4n) is 1.53. The quantitative estimate of drug-likeness (QED) is 0.645. The van der Waals surface area contributed by atoms with Gasteiger partial charge in [-0.15, -0.1) is 0 Å². The van der Waals surface area contributed by atoms with Crippen LogP contribution < -0.4 is 15.4 Å². The molecule has 0 bridgehead atoms. The molecule has 1 aromatic heterocycles. The second-order valence-corrected chi connectivity index (χ2v) is 4.86. The summed E-state index contributed by atoms with van der Waals surface area (Å²) in [4.78, 5) is 15.1. The molecule has 1 aromatic rings. The molecule has 7 nitrogen and oxygen atoms in total. The molecule has 0 aliphatic rings. The standard InChI is InChI=1S/C14H28N6O/c1-5-8-15-12-17-13(16-9-10-20(4)7-3)19-14(18-12)21-11-6-2/h5-11H2,1-4H3,(H2,15,16,17,18,19). The molecule has 0 saturated heterocycles. The molecule has 1 rings (SSSR count). The van der Waals surface area contributed by atoms with Crippen LogP contribution in [0.25, 0.3) is 0 Å². The Hall–Kier alpha value is -1.63. The Labute approximate surface area is 127 Å². The third-order valence-electron chi connectivity index (χ3n) is 2.90. The average Bonchev–Trinajstić information content (AvgIpc) is 2.50. The second kappa shape index (κ2) is 10.1. The Bertz CT molecular complexity index is 375. The van der Waals surface area contributed by atoms with Gasteiger partial charge < -0.3 is 20.3 Å². The maximum Gasteiger partial charge on any atom is 0.323 e. The van der Waals surface area contributed by atoms with Crippen LogP contribution in [0, 0.1) is 0 Å². The van der Waals surface area contributed by atoms with E-state index in [9.17, 15) is 0 Å². The van der Waals surface area contributed by atoms with Crippen LogP contribution >= 0.6 is 0 Å². The van der Waals surface area contributed by atoms with E-state index < -0.39 is 0 Å². The van der Waals surface area contributed by atoms with Gasteiger partial charge in [0.2, 0.25) is 11.9 Å². The molecule has 0 aromatic carbocycles. The minimum atomic E-state index is 0.372. The van der Waals surface area contributed by atoms with Gasteiger partial charge in [0, 0.05) is 19.6 Å². The molecule has 0 aliphatic heterocycles. The van der Waals surface area contributed by atoms with E-state index in [4.69, 9.17) is 4.74 Å². The minimum Gasteiger partial charge on any atom is -0.463 e. The highest BCUT2D eigenvalue weighted by molar-refractivity contribution is 5.35. The lowest BCUT2D eigenvalue weighted by Crippen LogP contribution is -2.25. The number of nitrogens with zero attached hydrogens (tertiary/aromatic N) is 4. The van der Waals surface area contributed by atoms with Gasteiger partial charge in [-0.2, -0.15) is 15.0 Å². The Morgan fingerprint density at radius 1 is 0.952 bits per heavy atom. The summed E-state index contributed by atoms with van der Waals surface area (Å²) in [6, 6.07) is 0.372. The maximum atomic E-state index is 5.51. The number of anilines is 2. The maximum absolute atomic E-state index is 5.51. The molecule has 0 radical (unpaired) electrons. The number of likely N-dealkylation sites (N-methyl/N-ethyl adjacent to an activating group) is 1. The fraction of sp³-hybridized carbons (Fsp3) is 0.786. The van der Waals surface area contributed by atoms with Gasteiger partial charge in [0.15, 0.2) is 0 Å². The van der Waals surface area contributed by atoms with Crippen molar-refractivity contribution in [3.8, 4) is 6.01 Å². The Morgan fingerprint density at radius 2 is 1.62 bits per heavy atom. The molecule has 2 N–H and O–H groups in total. The van der Waals surface area contributed by atoms with Crippen LogP contribution in [0.15, 0.2) is 0 Å². The van der Waals surface area contributed by atoms with Crippen LogP contribution in [-0.2, 0) is 0 Å². The van der Waals surface area contributed by atoms with Crippen molar-refractivity contribution < 1.29 is 4.74 Å². The summed E-state index contributed by atoms with van der Waals surface area (Å²) in [7, 11) is 2.08. The molecule has 0 unspecified atom stereocenters. The van der Waals surface area contributed by atoms with Gasteiger partial charge in [-0.1, -0.05) is 20.8 Å². The molecule has 21 heavy (non-hydrogen) atoms. The van der Waals surface area contributed by atoms with E-state index in [1.165, 1.54) is 0 Å². The van der Waals surface area contributed by atoms with Crippen LogP contribution in [0.3, 0.4) is 0 Å². The third kappa shape index (κ3) is 7.08. The highest BCUT2D eigenvalue weighted by Gasteiger charge is 2.07.